The lowest BCUT2D eigenvalue weighted by atomic mass is 10.2. The Kier molecular flexibility index (Phi) is 3.40. The average Bonchev–Trinajstić information content (AvgIpc) is 2.80. The van der Waals surface area contributed by atoms with E-state index in [0.29, 0.717) is 6.61 Å². The van der Waals surface area contributed by atoms with E-state index in [2.05, 4.69) is 16.0 Å². The van der Waals surface area contributed by atoms with E-state index in [-0.39, 0.29) is 0 Å². The van der Waals surface area contributed by atoms with Crippen molar-refractivity contribution in [2.45, 2.75) is 19.6 Å². The third kappa shape index (κ3) is 2.57. The summed E-state index contributed by atoms with van der Waals surface area (Å²) < 4.78 is 5.74. The minimum atomic E-state index is -0.457. The predicted octanol–water partition coefficient (Wildman–Crippen LogP) is 2.60. The summed E-state index contributed by atoms with van der Waals surface area (Å²) in [5.41, 5.74) is 1.17. The molecule has 0 saturated carbocycles. The molecule has 0 radical (unpaired) electrons. The van der Waals surface area contributed by atoms with Crippen molar-refractivity contribution in [1.82, 2.24) is 4.98 Å². The summed E-state index contributed by atoms with van der Waals surface area (Å²) in [6.07, 6.45) is 1.30. The zero-order chi connectivity index (χ0) is 13.2. The molecule has 0 bridgehead atoms. The number of aliphatic hydroxyl groups is 1. The van der Waals surface area contributed by atoms with Gasteiger partial charge in [-0.25, -0.2) is 4.98 Å². The first kappa shape index (κ1) is 12.4. The molecule has 19 heavy (non-hydrogen) atoms. The molecule has 1 aromatic carbocycles. The second-order valence-corrected chi connectivity index (χ2v) is 5.64. The Morgan fingerprint density at radius 3 is 3.05 bits per heavy atom. The molecule has 1 aliphatic heterocycles. The normalized spacial score (nSPS) is 16.4. The number of hydrogen-bond donors (Lipinski definition) is 1. The van der Waals surface area contributed by atoms with Gasteiger partial charge in [0.25, 0.3) is 0 Å². The number of para-hydroxylation sites is 1. The van der Waals surface area contributed by atoms with Gasteiger partial charge in [0, 0.05) is 18.3 Å². The summed E-state index contributed by atoms with van der Waals surface area (Å²) in [5, 5.41) is 10.5. The van der Waals surface area contributed by atoms with Crippen LogP contribution in [0.1, 0.15) is 23.5 Å². The lowest BCUT2D eigenvalue weighted by Gasteiger charge is -2.18. The lowest BCUT2D eigenvalue weighted by molar-refractivity contribution is 0.203. The number of anilines is 1. The second kappa shape index (κ2) is 5.19. The van der Waals surface area contributed by atoms with Crippen molar-refractivity contribution in [3.63, 3.8) is 0 Å². The maximum atomic E-state index is 9.58. The van der Waals surface area contributed by atoms with Crippen LogP contribution in [0.25, 0.3) is 0 Å². The van der Waals surface area contributed by atoms with Gasteiger partial charge in [-0.3, -0.25) is 0 Å². The average molecular weight is 276 g/mol. The summed E-state index contributed by atoms with van der Waals surface area (Å²) in [6, 6.07) is 8.09. The maximum absolute atomic E-state index is 9.58. The van der Waals surface area contributed by atoms with Gasteiger partial charge < -0.3 is 14.7 Å². The highest BCUT2D eigenvalue weighted by molar-refractivity contribution is 7.15. The maximum Gasteiger partial charge on any atom is 0.186 e. The van der Waals surface area contributed by atoms with Crippen LogP contribution < -0.4 is 9.64 Å². The van der Waals surface area contributed by atoms with E-state index in [1.54, 1.807) is 24.5 Å². The zero-order valence-electron chi connectivity index (χ0n) is 10.7. The van der Waals surface area contributed by atoms with Gasteiger partial charge >= 0.3 is 0 Å². The molecular weight excluding hydrogens is 260 g/mol. The molecule has 2 aromatic rings. The van der Waals surface area contributed by atoms with Gasteiger partial charge in [0.1, 0.15) is 12.4 Å². The Labute approximate surface area is 116 Å². The summed E-state index contributed by atoms with van der Waals surface area (Å²) >= 11 is 1.54. The highest BCUT2D eigenvalue weighted by atomic mass is 32.1. The van der Waals surface area contributed by atoms with Crippen molar-refractivity contribution in [2.75, 3.05) is 18.1 Å². The molecule has 5 heteroatoms. The topological polar surface area (TPSA) is 45.6 Å². The lowest BCUT2D eigenvalue weighted by Crippen LogP contribution is -2.24. The third-order valence-corrected chi connectivity index (χ3v) is 4.37. The third-order valence-electron chi connectivity index (χ3n) is 3.15. The highest BCUT2D eigenvalue weighted by Gasteiger charge is 2.18. The van der Waals surface area contributed by atoms with Gasteiger partial charge in [0.05, 0.1) is 17.5 Å². The number of aromatic nitrogens is 1. The molecule has 1 unspecified atom stereocenters. The van der Waals surface area contributed by atoms with Crippen molar-refractivity contribution in [3.05, 3.63) is 40.9 Å². The Hall–Kier alpha value is -1.59. The van der Waals surface area contributed by atoms with Crippen LogP contribution in [0.4, 0.5) is 5.13 Å². The SMILES string of the molecule is CC(O)c1cnc(N2CCOc3ccccc3C2)s1. The number of fused-ring (bicyclic) bond motifs is 1. The Balaban J connectivity index is 1.85. The molecule has 100 valence electrons. The number of hydrogen-bond acceptors (Lipinski definition) is 5. The monoisotopic (exact) mass is 276 g/mol. The predicted molar refractivity (Wildman–Crippen MR) is 75.7 cm³/mol. The summed E-state index contributed by atoms with van der Waals surface area (Å²) in [4.78, 5) is 7.50. The Bertz CT molecular complexity index is 568. The van der Waals surface area contributed by atoms with Crippen LogP contribution in [0.5, 0.6) is 5.75 Å². The number of benzene rings is 1. The van der Waals surface area contributed by atoms with Crippen molar-refractivity contribution in [3.8, 4) is 5.75 Å². The van der Waals surface area contributed by atoms with Crippen molar-refractivity contribution < 1.29 is 9.84 Å². The van der Waals surface area contributed by atoms with Crippen LogP contribution in [0.3, 0.4) is 0 Å². The smallest absolute Gasteiger partial charge is 0.186 e. The van der Waals surface area contributed by atoms with Crippen LogP contribution in [-0.2, 0) is 6.54 Å². The van der Waals surface area contributed by atoms with E-state index in [1.807, 2.05) is 18.2 Å². The minimum Gasteiger partial charge on any atom is -0.491 e. The number of aliphatic hydroxyl groups excluding tert-OH is 1. The summed E-state index contributed by atoms with van der Waals surface area (Å²) in [6.45, 7) is 4.02. The molecule has 2 heterocycles. The zero-order valence-corrected chi connectivity index (χ0v) is 11.6. The molecule has 0 saturated heterocycles. The van der Waals surface area contributed by atoms with Gasteiger partial charge in [-0.1, -0.05) is 29.5 Å². The van der Waals surface area contributed by atoms with E-state index in [9.17, 15) is 5.11 Å². The molecule has 0 aliphatic carbocycles. The molecule has 3 rings (SSSR count). The Morgan fingerprint density at radius 2 is 2.26 bits per heavy atom. The van der Waals surface area contributed by atoms with Gasteiger partial charge in [0.15, 0.2) is 5.13 Å². The van der Waals surface area contributed by atoms with Crippen LogP contribution in [0.2, 0.25) is 0 Å². The number of rotatable bonds is 2. The molecule has 1 N–H and O–H groups in total. The highest BCUT2D eigenvalue weighted by Crippen LogP contribution is 2.30. The summed E-state index contributed by atoms with van der Waals surface area (Å²) in [7, 11) is 0. The van der Waals surface area contributed by atoms with E-state index >= 15 is 0 Å². The van der Waals surface area contributed by atoms with Crippen LogP contribution in [-0.4, -0.2) is 23.2 Å². The van der Waals surface area contributed by atoms with Gasteiger partial charge in [-0.2, -0.15) is 0 Å². The largest absolute Gasteiger partial charge is 0.491 e. The van der Waals surface area contributed by atoms with Crippen LogP contribution in [0.15, 0.2) is 30.5 Å². The fourth-order valence-corrected chi connectivity index (χ4v) is 2.98. The fourth-order valence-electron chi connectivity index (χ4n) is 2.11. The van der Waals surface area contributed by atoms with E-state index in [4.69, 9.17) is 4.74 Å². The Morgan fingerprint density at radius 1 is 1.42 bits per heavy atom. The molecule has 0 spiro atoms. The minimum absolute atomic E-state index is 0.457. The van der Waals surface area contributed by atoms with Crippen molar-refractivity contribution >= 4 is 16.5 Å². The van der Waals surface area contributed by atoms with Crippen molar-refractivity contribution in [2.24, 2.45) is 0 Å². The molecule has 0 amide bonds. The fraction of sp³-hybridized carbons (Fsp3) is 0.357. The molecular formula is C14H16N2O2S. The number of nitrogens with zero attached hydrogens (tertiary/aromatic N) is 2. The second-order valence-electron chi connectivity index (χ2n) is 4.60. The van der Waals surface area contributed by atoms with Gasteiger partial charge in [-0.05, 0) is 13.0 Å². The van der Waals surface area contributed by atoms with E-state index < -0.39 is 6.10 Å². The quantitative estimate of drug-likeness (QED) is 0.916. The van der Waals surface area contributed by atoms with Gasteiger partial charge in [-0.15, -0.1) is 0 Å². The number of thiazole rings is 1. The van der Waals surface area contributed by atoms with E-state index in [1.165, 1.54) is 5.56 Å². The first-order valence-electron chi connectivity index (χ1n) is 6.33. The molecule has 1 aromatic heterocycles. The van der Waals surface area contributed by atoms with E-state index in [0.717, 1.165) is 28.8 Å². The first-order valence-corrected chi connectivity index (χ1v) is 7.15. The molecule has 1 atom stereocenters. The molecule has 4 nitrogen and oxygen atoms in total. The molecule has 0 fully saturated rings. The summed E-state index contributed by atoms with van der Waals surface area (Å²) in [5.74, 6) is 0.956. The van der Waals surface area contributed by atoms with Gasteiger partial charge in [0.2, 0.25) is 0 Å². The van der Waals surface area contributed by atoms with Crippen molar-refractivity contribution in [1.29, 1.82) is 0 Å². The number of ether oxygens (including phenoxy) is 1. The molecule has 1 aliphatic rings. The van der Waals surface area contributed by atoms with Crippen LogP contribution in [0, 0.1) is 0 Å². The standard InChI is InChI=1S/C14H16N2O2S/c1-10(17)13-8-15-14(19-13)16-6-7-18-12-5-3-2-4-11(12)9-16/h2-5,8,10,17H,6-7,9H2,1H3. The first-order chi connectivity index (χ1) is 9.24. The van der Waals surface area contributed by atoms with Crippen LogP contribution >= 0.6 is 11.3 Å².